The maximum absolute atomic E-state index is 12.8. The number of carbonyl (C=O) groups is 1. The van der Waals surface area contributed by atoms with Crippen molar-refractivity contribution in [1.82, 2.24) is 4.98 Å². The van der Waals surface area contributed by atoms with Gasteiger partial charge in [-0.3, -0.25) is 4.79 Å². The topological polar surface area (TPSA) is 42.0 Å². The first kappa shape index (κ1) is 14.2. The molecule has 1 aromatic heterocycles. The molecule has 0 atom stereocenters. The Bertz CT molecular complexity index is 471. The van der Waals surface area contributed by atoms with E-state index in [-0.39, 0.29) is 0 Å². The molecular formula is C8H3F7N2O. The first-order chi connectivity index (χ1) is 8.05. The molecule has 0 fully saturated rings. The number of anilines is 1. The quantitative estimate of drug-likeness (QED) is 0.666. The fourth-order valence-corrected chi connectivity index (χ4v) is 0.835. The molecule has 0 aliphatic rings. The molecule has 0 bridgehead atoms. The summed E-state index contributed by atoms with van der Waals surface area (Å²) in [5.74, 6) is -11.5. The van der Waals surface area contributed by atoms with Crippen molar-refractivity contribution in [2.24, 2.45) is 0 Å². The van der Waals surface area contributed by atoms with Crippen LogP contribution in [-0.2, 0) is 4.79 Å². The fraction of sp³-hybridized carbons (Fsp3) is 0.250. The van der Waals surface area contributed by atoms with Crippen LogP contribution in [-0.4, -0.2) is 23.0 Å². The van der Waals surface area contributed by atoms with E-state index in [0.717, 1.165) is 5.32 Å². The van der Waals surface area contributed by atoms with E-state index in [9.17, 15) is 35.5 Å². The van der Waals surface area contributed by atoms with Gasteiger partial charge in [-0.2, -0.15) is 35.7 Å². The summed E-state index contributed by atoms with van der Waals surface area (Å²) in [5, 5.41) is 0.971. The average molecular weight is 276 g/mol. The van der Waals surface area contributed by atoms with E-state index in [2.05, 4.69) is 4.98 Å². The van der Waals surface area contributed by atoms with Crippen LogP contribution in [0.1, 0.15) is 0 Å². The molecule has 1 rings (SSSR count). The van der Waals surface area contributed by atoms with Crippen LogP contribution in [0.5, 0.6) is 0 Å². The smallest absolute Gasteiger partial charge is 0.317 e. The summed E-state index contributed by atoms with van der Waals surface area (Å²) in [6.45, 7) is 0. The van der Waals surface area contributed by atoms with Crippen molar-refractivity contribution >= 4 is 11.6 Å². The second-order valence-corrected chi connectivity index (χ2v) is 3.00. The van der Waals surface area contributed by atoms with Crippen molar-refractivity contribution in [3.8, 4) is 0 Å². The van der Waals surface area contributed by atoms with E-state index in [0.29, 0.717) is 12.1 Å². The third-order valence-corrected chi connectivity index (χ3v) is 1.70. The Balaban J connectivity index is 2.95. The number of halogens is 7. The molecule has 0 saturated heterocycles. The lowest BCUT2D eigenvalue weighted by molar-refractivity contribution is -0.267. The Morgan fingerprint density at radius 2 is 1.67 bits per heavy atom. The lowest BCUT2D eigenvalue weighted by Crippen LogP contribution is -2.47. The highest BCUT2D eigenvalue weighted by atomic mass is 19.4. The minimum Gasteiger partial charge on any atom is -0.317 e. The zero-order chi connectivity index (χ0) is 14.1. The third kappa shape index (κ3) is 2.68. The van der Waals surface area contributed by atoms with Crippen LogP contribution < -0.4 is 5.32 Å². The highest BCUT2D eigenvalue weighted by Crippen LogP contribution is 2.36. The minimum atomic E-state index is -6.12. The van der Waals surface area contributed by atoms with E-state index in [1.54, 1.807) is 0 Å². The summed E-state index contributed by atoms with van der Waals surface area (Å²) in [6, 6.07) is 0.937. The molecular weight excluding hydrogens is 273 g/mol. The number of rotatable bonds is 2. The molecule has 1 aromatic rings. The fourth-order valence-electron chi connectivity index (χ4n) is 0.835. The number of nitrogens with zero attached hydrogens (tertiary/aromatic N) is 1. The second kappa shape index (κ2) is 4.42. The predicted molar refractivity (Wildman–Crippen MR) is 43.8 cm³/mol. The number of carbonyl (C=O) groups excluding carboxylic acids is 1. The van der Waals surface area contributed by atoms with Crippen LogP contribution in [0, 0.1) is 11.9 Å². The molecule has 0 aliphatic carbocycles. The van der Waals surface area contributed by atoms with Gasteiger partial charge in [-0.1, -0.05) is 0 Å². The van der Waals surface area contributed by atoms with Crippen molar-refractivity contribution in [2.45, 2.75) is 12.1 Å². The molecule has 0 unspecified atom stereocenters. The van der Waals surface area contributed by atoms with E-state index >= 15 is 0 Å². The van der Waals surface area contributed by atoms with Crippen LogP contribution in [0.4, 0.5) is 36.4 Å². The SMILES string of the molecule is O=C(Nc1ccc(F)nc1F)C(F)(F)C(F)(F)F. The number of hydrogen-bond donors (Lipinski definition) is 1. The van der Waals surface area contributed by atoms with E-state index in [1.165, 1.54) is 0 Å². The maximum atomic E-state index is 12.8. The molecule has 18 heavy (non-hydrogen) atoms. The summed E-state index contributed by atoms with van der Waals surface area (Å²) in [7, 11) is 0. The second-order valence-electron chi connectivity index (χ2n) is 3.00. The Hall–Kier alpha value is -1.87. The van der Waals surface area contributed by atoms with Crippen LogP contribution in [0.25, 0.3) is 0 Å². The standard InChI is InChI=1S/C8H3F7N2O/c9-4-2-1-3(5(10)17-4)16-6(18)7(11,12)8(13,14)15/h1-2H,(H,16,18). The average Bonchev–Trinajstić information content (AvgIpc) is 2.20. The predicted octanol–water partition coefficient (Wildman–Crippen LogP) is 2.50. The summed E-state index contributed by atoms with van der Waals surface area (Å²) >= 11 is 0. The van der Waals surface area contributed by atoms with E-state index < -0.39 is 35.6 Å². The molecule has 3 nitrogen and oxygen atoms in total. The number of amides is 1. The van der Waals surface area contributed by atoms with Crippen LogP contribution in [0.3, 0.4) is 0 Å². The van der Waals surface area contributed by atoms with Gasteiger partial charge in [0.15, 0.2) is 0 Å². The van der Waals surface area contributed by atoms with Gasteiger partial charge in [0, 0.05) is 0 Å². The number of nitrogens with one attached hydrogen (secondary N) is 1. The Morgan fingerprint density at radius 1 is 1.11 bits per heavy atom. The largest absolute Gasteiger partial charge is 0.463 e. The van der Waals surface area contributed by atoms with Crippen LogP contribution >= 0.6 is 0 Å². The molecule has 0 aromatic carbocycles. The number of aromatic nitrogens is 1. The molecule has 0 spiro atoms. The van der Waals surface area contributed by atoms with Gasteiger partial charge in [-0.05, 0) is 12.1 Å². The van der Waals surface area contributed by atoms with E-state index in [4.69, 9.17) is 0 Å². The molecule has 1 N–H and O–H groups in total. The van der Waals surface area contributed by atoms with Gasteiger partial charge in [-0.15, -0.1) is 0 Å². The zero-order valence-corrected chi connectivity index (χ0v) is 8.16. The minimum absolute atomic E-state index is 0.460. The first-order valence-electron chi connectivity index (χ1n) is 4.13. The van der Waals surface area contributed by atoms with Crippen molar-refractivity contribution in [3.63, 3.8) is 0 Å². The van der Waals surface area contributed by atoms with Gasteiger partial charge < -0.3 is 5.32 Å². The Labute approximate surface area is 94.6 Å². The van der Waals surface area contributed by atoms with Crippen LogP contribution in [0.2, 0.25) is 0 Å². The highest BCUT2D eigenvalue weighted by Gasteiger charge is 2.63. The Kier molecular flexibility index (Phi) is 3.49. The monoisotopic (exact) mass is 276 g/mol. The molecule has 1 heterocycles. The lowest BCUT2D eigenvalue weighted by Gasteiger charge is -2.18. The molecule has 100 valence electrons. The summed E-state index contributed by atoms with van der Waals surface area (Å²) in [6.07, 6.45) is -6.12. The van der Waals surface area contributed by atoms with Gasteiger partial charge in [0.25, 0.3) is 0 Å². The summed E-state index contributed by atoms with van der Waals surface area (Å²) in [5.41, 5.74) is -1.09. The molecule has 0 aliphatic heterocycles. The summed E-state index contributed by atoms with van der Waals surface area (Å²) < 4.78 is 85.4. The number of hydrogen-bond acceptors (Lipinski definition) is 2. The van der Waals surface area contributed by atoms with Gasteiger partial charge in [0.1, 0.15) is 0 Å². The molecule has 10 heteroatoms. The molecule has 0 saturated carbocycles. The van der Waals surface area contributed by atoms with Crippen molar-refractivity contribution in [3.05, 3.63) is 24.0 Å². The van der Waals surface area contributed by atoms with Crippen LogP contribution in [0.15, 0.2) is 12.1 Å². The number of pyridine rings is 1. The number of alkyl halides is 5. The Morgan fingerprint density at radius 3 is 2.11 bits per heavy atom. The maximum Gasteiger partial charge on any atom is 0.463 e. The van der Waals surface area contributed by atoms with Crippen molar-refractivity contribution in [1.29, 1.82) is 0 Å². The third-order valence-electron chi connectivity index (χ3n) is 1.70. The lowest BCUT2D eigenvalue weighted by atomic mass is 10.3. The highest BCUT2D eigenvalue weighted by molar-refractivity contribution is 5.96. The first-order valence-corrected chi connectivity index (χ1v) is 4.13. The van der Waals surface area contributed by atoms with E-state index in [1.807, 2.05) is 0 Å². The van der Waals surface area contributed by atoms with Gasteiger partial charge in [-0.25, -0.2) is 0 Å². The van der Waals surface area contributed by atoms with Gasteiger partial charge in [0.05, 0.1) is 5.69 Å². The zero-order valence-electron chi connectivity index (χ0n) is 8.16. The van der Waals surface area contributed by atoms with Gasteiger partial charge in [0.2, 0.25) is 11.9 Å². The normalized spacial score (nSPS) is 12.4. The molecule has 1 amide bonds. The molecule has 0 radical (unpaired) electrons. The summed E-state index contributed by atoms with van der Waals surface area (Å²) in [4.78, 5) is 13.1. The van der Waals surface area contributed by atoms with Crippen molar-refractivity contribution < 1.29 is 35.5 Å². The van der Waals surface area contributed by atoms with Crippen molar-refractivity contribution in [2.75, 3.05) is 5.32 Å². The van der Waals surface area contributed by atoms with Gasteiger partial charge >= 0.3 is 18.0 Å².